The molecule has 0 saturated carbocycles. The molecule has 146 valence electrons. The van der Waals surface area contributed by atoms with Gasteiger partial charge in [-0.25, -0.2) is 9.59 Å². The summed E-state index contributed by atoms with van der Waals surface area (Å²) in [4.78, 5) is 35.5. The van der Waals surface area contributed by atoms with Crippen LogP contribution < -0.4 is 15.7 Å². The molecule has 2 N–H and O–H groups in total. The summed E-state index contributed by atoms with van der Waals surface area (Å²) in [5, 5.41) is 12.5. The first-order valence-corrected chi connectivity index (χ1v) is 8.78. The molecular formula is C20H25NO6. The largest absolute Gasteiger partial charge is 0.480 e. The highest BCUT2D eigenvalue weighted by Crippen LogP contribution is 2.29. The molecule has 0 aliphatic rings. The minimum absolute atomic E-state index is 0.262. The summed E-state index contributed by atoms with van der Waals surface area (Å²) in [6.07, 6.45) is -0.917. The van der Waals surface area contributed by atoms with Gasteiger partial charge in [0.05, 0.1) is 0 Å². The molecule has 0 bridgehead atoms. The highest BCUT2D eigenvalue weighted by Gasteiger charge is 2.27. The Morgan fingerprint density at radius 3 is 2.26 bits per heavy atom. The minimum Gasteiger partial charge on any atom is -0.480 e. The van der Waals surface area contributed by atoms with Crippen molar-refractivity contribution >= 4 is 22.8 Å². The van der Waals surface area contributed by atoms with Crippen LogP contribution in [0.2, 0.25) is 0 Å². The minimum atomic E-state index is -1.10. The summed E-state index contributed by atoms with van der Waals surface area (Å²) in [6, 6.07) is 2.50. The van der Waals surface area contributed by atoms with Gasteiger partial charge in [0.15, 0.2) is 6.10 Å². The zero-order valence-electron chi connectivity index (χ0n) is 16.4. The molecule has 0 unspecified atom stereocenters. The maximum absolute atomic E-state index is 12.3. The third-order valence-corrected chi connectivity index (χ3v) is 4.73. The first-order chi connectivity index (χ1) is 12.5. The van der Waals surface area contributed by atoms with Gasteiger partial charge in [-0.05, 0) is 51.3 Å². The van der Waals surface area contributed by atoms with Crippen LogP contribution in [0.15, 0.2) is 21.3 Å². The molecule has 0 fully saturated rings. The molecule has 7 heteroatoms. The van der Waals surface area contributed by atoms with Crippen LogP contribution in [0.4, 0.5) is 0 Å². The van der Waals surface area contributed by atoms with Crippen molar-refractivity contribution in [2.24, 2.45) is 5.92 Å². The number of fused-ring (bicyclic) bond motifs is 1. The molecule has 0 saturated heterocycles. The number of carbonyl (C=O) groups excluding carboxylic acids is 1. The van der Waals surface area contributed by atoms with Gasteiger partial charge in [-0.1, -0.05) is 13.8 Å². The highest BCUT2D eigenvalue weighted by atomic mass is 16.5. The normalized spacial score (nSPS) is 13.4. The maximum Gasteiger partial charge on any atom is 0.339 e. The Morgan fingerprint density at radius 2 is 1.70 bits per heavy atom. The van der Waals surface area contributed by atoms with Gasteiger partial charge in [0.2, 0.25) is 0 Å². The Hall–Kier alpha value is -2.83. The number of carboxylic acids is 1. The molecule has 1 aromatic heterocycles. The van der Waals surface area contributed by atoms with Gasteiger partial charge in [-0.3, -0.25) is 4.79 Å². The number of benzene rings is 1. The van der Waals surface area contributed by atoms with E-state index in [1.54, 1.807) is 39.8 Å². The number of hydrogen-bond acceptors (Lipinski definition) is 5. The third kappa shape index (κ3) is 4.13. The van der Waals surface area contributed by atoms with E-state index in [0.717, 1.165) is 10.9 Å². The zero-order valence-corrected chi connectivity index (χ0v) is 16.4. The molecule has 2 atom stereocenters. The predicted molar refractivity (Wildman–Crippen MR) is 101 cm³/mol. The second-order valence-electron chi connectivity index (χ2n) is 7.03. The van der Waals surface area contributed by atoms with Crippen LogP contribution in [0, 0.1) is 26.7 Å². The second kappa shape index (κ2) is 7.82. The van der Waals surface area contributed by atoms with Gasteiger partial charge in [0, 0.05) is 16.5 Å². The molecular weight excluding hydrogens is 350 g/mol. The van der Waals surface area contributed by atoms with Gasteiger partial charge < -0.3 is 19.6 Å². The number of aryl methyl sites for hydroxylation is 2. The molecule has 7 nitrogen and oxygen atoms in total. The maximum atomic E-state index is 12.3. The summed E-state index contributed by atoms with van der Waals surface area (Å²) < 4.78 is 11.1. The summed E-state index contributed by atoms with van der Waals surface area (Å²) >= 11 is 0. The molecule has 1 aromatic carbocycles. The quantitative estimate of drug-likeness (QED) is 0.752. The van der Waals surface area contributed by atoms with Crippen molar-refractivity contribution in [2.75, 3.05) is 0 Å². The smallest absolute Gasteiger partial charge is 0.339 e. The van der Waals surface area contributed by atoms with Crippen LogP contribution in [-0.2, 0) is 9.59 Å². The number of carbonyl (C=O) groups is 2. The Kier molecular flexibility index (Phi) is 5.93. The highest BCUT2D eigenvalue weighted by molar-refractivity contribution is 5.87. The van der Waals surface area contributed by atoms with Crippen molar-refractivity contribution in [1.29, 1.82) is 0 Å². The first-order valence-electron chi connectivity index (χ1n) is 8.78. The van der Waals surface area contributed by atoms with Gasteiger partial charge in [-0.15, -0.1) is 0 Å². The molecule has 2 rings (SSSR count). The van der Waals surface area contributed by atoms with Gasteiger partial charge in [0.1, 0.15) is 17.4 Å². The lowest BCUT2D eigenvalue weighted by Gasteiger charge is -2.22. The predicted octanol–water partition coefficient (Wildman–Crippen LogP) is 2.71. The Balaban J connectivity index is 2.29. The third-order valence-electron chi connectivity index (χ3n) is 4.73. The average Bonchev–Trinajstić information content (AvgIpc) is 2.59. The monoisotopic (exact) mass is 375 g/mol. The van der Waals surface area contributed by atoms with Crippen molar-refractivity contribution in [3.05, 3.63) is 39.2 Å². The van der Waals surface area contributed by atoms with Crippen LogP contribution in [0.5, 0.6) is 5.75 Å². The van der Waals surface area contributed by atoms with E-state index in [4.69, 9.17) is 9.15 Å². The number of nitrogens with one attached hydrogen (secondary N) is 1. The lowest BCUT2D eigenvalue weighted by Crippen LogP contribution is -2.48. The van der Waals surface area contributed by atoms with Crippen LogP contribution in [0.1, 0.15) is 37.5 Å². The topological polar surface area (TPSA) is 106 Å². The van der Waals surface area contributed by atoms with Crippen molar-refractivity contribution in [2.45, 2.75) is 53.7 Å². The zero-order chi connectivity index (χ0) is 20.5. The standard InChI is InChI=1S/C20H25NO6/c1-9(2)16(19(23)24)21-18(22)13(6)26-15-8-7-14-10(3)11(4)20(25)27-17(14)12(15)5/h7-9,13,16H,1-6H3,(H,21,22)(H,23,24)/t13-,16+/m1/s1. The first kappa shape index (κ1) is 20.5. The summed E-state index contributed by atoms with van der Waals surface area (Å²) in [5.74, 6) is -1.49. The summed E-state index contributed by atoms with van der Waals surface area (Å²) in [5.41, 5.74) is 2.00. The molecule has 1 amide bonds. The van der Waals surface area contributed by atoms with E-state index in [2.05, 4.69) is 5.32 Å². The number of ether oxygens (including phenoxy) is 1. The second-order valence-corrected chi connectivity index (χ2v) is 7.03. The molecule has 0 spiro atoms. The molecule has 0 aliphatic carbocycles. The van der Waals surface area contributed by atoms with Crippen molar-refractivity contribution in [3.8, 4) is 5.75 Å². The number of aliphatic carboxylic acids is 1. The van der Waals surface area contributed by atoms with Crippen LogP contribution >= 0.6 is 0 Å². The van der Waals surface area contributed by atoms with Crippen molar-refractivity contribution in [3.63, 3.8) is 0 Å². The Bertz CT molecular complexity index is 944. The van der Waals surface area contributed by atoms with Crippen LogP contribution in [0.3, 0.4) is 0 Å². The van der Waals surface area contributed by atoms with E-state index in [9.17, 15) is 19.5 Å². The fourth-order valence-electron chi connectivity index (χ4n) is 2.78. The van der Waals surface area contributed by atoms with E-state index in [1.165, 1.54) is 6.92 Å². The molecule has 0 aliphatic heterocycles. The van der Waals surface area contributed by atoms with Crippen LogP contribution in [-0.4, -0.2) is 29.1 Å². The fourth-order valence-corrected chi connectivity index (χ4v) is 2.78. The number of rotatable bonds is 6. The van der Waals surface area contributed by atoms with Gasteiger partial charge in [-0.2, -0.15) is 0 Å². The SMILES string of the molecule is Cc1c(C)c2ccc(O[C@H](C)C(=O)N[C@H](C(=O)O)C(C)C)c(C)c2oc1=O. The van der Waals surface area contributed by atoms with Crippen molar-refractivity contribution in [1.82, 2.24) is 5.32 Å². The molecule has 1 heterocycles. The lowest BCUT2D eigenvalue weighted by molar-refractivity contribution is -0.144. The molecule has 2 aromatic rings. The van der Waals surface area contributed by atoms with E-state index in [0.29, 0.717) is 22.5 Å². The van der Waals surface area contributed by atoms with Crippen molar-refractivity contribution < 1.29 is 23.8 Å². The summed E-state index contributed by atoms with van der Waals surface area (Å²) in [6.45, 7) is 10.3. The fraction of sp³-hybridized carbons (Fsp3) is 0.450. The van der Waals surface area contributed by atoms with E-state index in [1.807, 2.05) is 6.92 Å². The average molecular weight is 375 g/mol. The van der Waals surface area contributed by atoms with E-state index >= 15 is 0 Å². The van der Waals surface area contributed by atoms with Gasteiger partial charge in [0.25, 0.3) is 5.91 Å². The van der Waals surface area contributed by atoms with Gasteiger partial charge >= 0.3 is 11.6 Å². The Morgan fingerprint density at radius 1 is 1.07 bits per heavy atom. The molecule has 27 heavy (non-hydrogen) atoms. The number of hydrogen-bond donors (Lipinski definition) is 2. The number of carboxylic acid groups (broad SMARTS) is 1. The number of amides is 1. The van der Waals surface area contributed by atoms with Crippen LogP contribution in [0.25, 0.3) is 11.0 Å². The lowest BCUT2D eigenvalue weighted by atomic mass is 10.0. The summed E-state index contributed by atoms with van der Waals surface area (Å²) in [7, 11) is 0. The van der Waals surface area contributed by atoms with E-state index in [-0.39, 0.29) is 5.92 Å². The van der Waals surface area contributed by atoms with E-state index < -0.39 is 29.6 Å². The molecule has 0 radical (unpaired) electrons. The Labute approximate surface area is 157 Å².